The molecular formula is C27H22N4O3. The third-order valence-electron chi connectivity index (χ3n) is 5.45. The van der Waals surface area contributed by atoms with Crippen LogP contribution in [0.1, 0.15) is 22.5 Å². The molecule has 2 aromatic heterocycles. The van der Waals surface area contributed by atoms with Crippen molar-refractivity contribution in [2.75, 3.05) is 11.9 Å². The van der Waals surface area contributed by atoms with Crippen LogP contribution in [0.25, 0.3) is 22.7 Å². The van der Waals surface area contributed by atoms with Crippen molar-refractivity contribution in [1.82, 2.24) is 9.55 Å². The van der Waals surface area contributed by atoms with Gasteiger partial charge < -0.3 is 10.1 Å². The fraction of sp³-hybridized carbons (Fsp3) is 0.111. The second-order valence-electron chi connectivity index (χ2n) is 7.63. The Bertz CT molecular complexity index is 1450. The van der Waals surface area contributed by atoms with Gasteiger partial charge in [0.1, 0.15) is 11.9 Å². The molecule has 0 fully saturated rings. The standard InChI is InChI=1S/C27H22N4O3/c1-18-19(2)31(22-9-4-3-5-10-22)27(23(18)16-28)30-25(32)17-34-26(33)15-14-21-13-12-20-8-6-7-11-24(20)29-21/h3-15H,17H2,1-2H3,(H,30,32)/b15-14+. The molecule has 0 radical (unpaired) electrons. The van der Waals surface area contributed by atoms with Crippen LogP contribution >= 0.6 is 0 Å². The summed E-state index contributed by atoms with van der Waals surface area (Å²) in [7, 11) is 0. The maximum atomic E-state index is 12.6. The molecule has 0 spiro atoms. The molecule has 0 aliphatic heterocycles. The molecule has 7 heteroatoms. The number of carbonyl (C=O) groups is 2. The van der Waals surface area contributed by atoms with E-state index in [4.69, 9.17) is 4.74 Å². The van der Waals surface area contributed by atoms with Gasteiger partial charge in [-0.25, -0.2) is 9.78 Å². The number of ether oxygens (including phenoxy) is 1. The largest absolute Gasteiger partial charge is 0.452 e. The van der Waals surface area contributed by atoms with E-state index >= 15 is 0 Å². The number of fused-ring (bicyclic) bond motifs is 1. The zero-order valence-electron chi connectivity index (χ0n) is 18.8. The molecule has 0 aliphatic rings. The van der Waals surface area contributed by atoms with Crippen molar-refractivity contribution in [2.24, 2.45) is 0 Å². The number of amides is 1. The second kappa shape index (κ2) is 9.84. The minimum absolute atomic E-state index is 0.348. The van der Waals surface area contributed by atoms with Gasteiger partial charge in [0.25, 0.3) is 5.91 Å². The van der Waals surface area contributed by atoms with Crippen LogP contribution in [0.15, 0.2) is 72.8 Å². The Morgan fingerprint density at radius 1 is 1.06 bits per heavy atom. The van der Waals surface area contributed by atoms with Gasteiger partial charge in [0, 0.05) is 22.8 Å². The van der Waals surface area contributed by atoms with Gasteiger partial charge in [-0.2, -0.15) is 5.26 Å². The van der Waals surface area contributed by atoms with Gasteiger partial charge in [-0.1, -0.05) is 42.5 Å². The molecule has 2 aromatic carbocycles. The predicted molar refractivity (Wildman–Crippen MR) is 130 cm³/mol. The second-order valence-corrected chi connectivity index (χ2v) is 7.63. The molecule has 0 atom stereocenters. The fourth-order valence-electron chi connectivity index (χ4n) is 3.64. The number of hydrogen-bond acceptors (Lipinski definition) is 5. The first-order chi connectivity index (χ1) is 16.5. The first kappa shape index (κ1) is 22.5. The van der Waals surface area contributed by atoms with Crippen LogP contribution in [0.4, 0.5) is 5.82 Å². The summed E-state index contributed by atoms with van der Waals surface area (Å²) in [5.74, 6) is -0.867. The zero-order valence-corrected chi connectivity index (χ0v) is 18.8. The smallest absolute Gasteiger partial charge is 0.331 e. The monoisotopic (exact) mass is 450 g/mol. The summed E-state index contributed by atoms with van der Waals surface area (Å²) in [6, 6.07) is 22.9. The number of carbonyl (C=O) groups excluding carboxylic acids is 2. The third kappa shape index (κ3) is 4.71. The molecule has 34 heavy (non-hydrogen) atoms. The van der Waals surface area contributed by atoms with E-state index in [2.05, 4.69) is 16.4 Å². The van der Waals surface area contributed by atoms with Crippen LogP contribution in [-0.4, -0.2) is 28.0 Å². The van der Waals surface area contributed by atoms with Crippen molar-refractivity contribution in [3.63, 3.8) is 0 Å². The number of nitriles is 1. The highest BCUT2D eigenvalue weighted by atomic mass is 16.5. The lowest BCUT2D eigenvalue weighted by Crippen LogP contribution is -2.22. The Balaban J connectivity index is 1.44. The van der Waals surface area contributed by atoms with E-state index in [1.54, 1.807) is 10.6 Å². The number of pyridine rings is 1. The fourth-order valence-corrected chi connectivity index (χ4v) is 3.64. The van der Waals surface area contributed by atoms with Gasteiger partial charge >= 0.3 is 5.97 Å². The lowest BCUT2D eigenvalue weighted by molar-refractivity contribution is -0.142. The van der Waals surface area contributed by atoms with E-state index in [0.29, 0.717) is 17.1 Å². The number of esters is 1. The molecule has 4 aromatic rings. The van der Waals surface area contributed by atoms with Crippen molar-refractivity contribution >= 4 is 34.7 Å². The average Bonchev–Trinajstić information content (AvgIpc) is 3.10. The first-order valence-corrected chi connectivity index (χ1v) is 10.7. The molecule has 1 amide bonds. The zero-order chi connectivity index (χ0) is 24.1. The Morgan fingerprint density at radius 2 is 1.79 bits per heavy atom. The van der Waals surface area contributed by atoms with Crippen LogP contribution in [0.2, 0.25) is 0 Å². The first-order valence-electron chi connectivity index (χ1n) is 10.7. The van der Waals surface area contributed by atoms with E-state index in [1.165, 1.54) is 12.2 Å². The average molecular weight is 450 g/mol. The molecule has 0 bridgehead atoms. The molecule has 0 unspecified atom stereocenters. The van der Waals surface area contributed by atoms with Crippen LogP contribution in [0, 0.1) is 25.2 Å². The molecule has 0 saturated heterocycles. The maximum Gasteiger partial charge on any atom is 0.331 e. The summed E-state index contributed by atoms with van der Waals surface area (Å²) in [6.45, 7) is 3.22. The Kier molecular flexibility index (Phi) is 6.51. The predicted octanol–water partition coefficient (Wildman–Crippen LogP) is 4.71. The van der Waals surface area contributed by atoms with Gasteiger partial charge in [0.05, 0.1) is 16.8 Å². The normalized spacial score (nSPS) is 10.9. The number of hydrogen-bond donors (Lipinski definition) is 1. The van der Waals surface area contributed by atoms with Crippen molar-refractivity contribution in [1.29, 1.82) is 5.26 Å². The summed E-state index contributed by atoms with van der Waals surface area (Å²) in [5, 5.41) is 13.4. The Hall–Kier alpha value is -4.70. The highest BCUT2D eigenvalue weighted by molar-refractivity contribution is 5.95. The van der Waals surface area contributed by atoms with Crippen molar-refractivity contribution in [3.05, 3.63) is 95.3 Å². The summed E-state index contributed by atoms with van der Waals surface area (Å²) >= 11 is 0. The molecular weight excluding hydrogens is 428 g/mol. The van der Waals surface area contributed by atoms with Gasteiger partial charge in [0.15, 0.2) is 6.61 Å². The molecule has 7 nitrogen and oxygen atoms in total. The summed E-state index contributed by atoms with van der Waals surface area (Å²) in [5.41, 5.74) is 4.19. The van der Waals surface area contributed by atoms with Crippen LogP contribution in [0.5, 0.6) is 0 Å². The number of nitrogens with zero attached hydrogens (tertiary/aromatic N) is 3. The number of nitrogens with one attached hydrogen (secondary N) is 1. The summed E-state index contributed by atoms with van der Waals surface area (Å²) < 4.78 is 6.89. The van der Waals surface area contributed by atoms with Crippen molar-refractivity contribution in [3.8, 4) is 11.8 Å². The number of aromatic nitrogens is 2. The lowest BCUT2D eigenvalue weighted by Gasteiger charge is -2.13. The molecule has 4 rings (SSSR count). The van der Waals surface area contributed by atoms with Crippen molar-refractivity contribution in [2.45, 2.75) is 13.8 Å². The maximum absolute atomic E-state index is 12.6. The van der Waals surface area contributed by atoms with E-state index in [9.17, 15) is 14.9 Å². The Labute approximate surface area is 196 Å². The molecule has 0 aliphatic carbocycles. The Morgan fingerprint density at radius 3 is 2.56 bits per heavy atom. The number of anilines is 1. The van der Waals surface area contributed by atoms with Gasteiger partial charge in [-0.3, -0.25) is 9.36 Å². The van der Waals surface area contributed by atoms with E-state index in [0.717, 1.165) is 27.8 Å². The van der Waals surface area contributed by atoms with Gasteiger partial charge in [0.2, 0.25) is 0 Å². The van der Waals surface area contributed by atoms with Gasteiger partial charge in [-0.15, -0.1) is 0 Å². The highest BCUT2D eigenvalue weighted by Crippen LogP contribution is 2.29. The lowest BCUT2D eigenvalue weighted by atomic mass is 10.2. The van der Waals surface area contributed by atoms with E-state index in [1.807, 2.05) is 74.5 Å². The number of rotatable bonds is 6. The highest BCUT2D eigenvalue weighted by Gasteiger charge is 2.21. The summed E-state index contributed by atoms with van der Waals surface area (Å²) in [4.78, 5) is 29.2. The van der Waals surface area contributed by atoms with Crippen molar-refractivity contribution < 1.29 is 14.3 Å². The van der Waals surface area contributed by atoms with Gasteiger partial charge in [-0.05, 0) is 49.8 Å². The molecule has 0 saturated carbocycles. The number of benzene rings is 2. The molecule has 2 heterocycles. The topological polar surface area (TPSA) is 97.0 Å². The summed E-state index contributed by atoms with van der Waals surface area (Å²) in [6.07, 6.45) is 2.76. The third-order valence-corrected chi connectivity index (χ3v) is 5.45. The quantitative estimate of drug-likeness (QED) is 0.339. The van der Waals surface area contributed by atoms with Crippen LogP contribution in [-0.2, 0) is 14.3 Å². The molecule has 1 N–H and O–H groups in total. The van der Waals surface area contributed by atoms with Crippen LogP contribution < -0.4 is 5.32 Å². The SMILES string of the molecule is Cc1c(C#N)c(NC(=O)COC(=O)/C=C/c2ccc3ccccc3n2)n(-c2ccccc2)c1C. The minimum atomic E-state index is -0.670. The van der Waals surface area contributed by atoms with Crippen LogP contribution in [0.3, 0.4) is 0 Å². The minimum Gasteiger partial charge on any atom is -0.452 e. The van der Waals surface area contributed by atoms with E-state index in [-0.39, 0.29) is 0 Å². The number of para-hydroxylation sites is 2. The van der Waals surface area contributed by atoms with E-state index < -0.39 is 18.5 Å². The molecule has 168 valence electrons.